The summed E-state index contributed by atoms with van der Waals surface area (Å²) in [5, 5.41) is 16.4. The Bertz CT molecular complexity index is 1330. The molecule has 0 aliphatic carbocycles. The second-order valence-corrected chi connectivity index (χ2v) is 7.64. The number of H-pyrrole nitrogens is 1. The molecule has 1 saturated heterocycles. The molecule has 1 fully saturated rings. The third-order valence-corrected chi connectivity index (χ3v) is 5.39. The van der Waals surface area contributed by atoms with Crippen molar-refractivity contribution in [2.75, 3.05) is 0 Å². The minimum absolute atomic E-state index is 0.00811. The molecule has 2 N–H and O–H groups in total. The van der Waals surface area contributed by atoms with E-state index in [0.29, 0.717) is 17.8 Å². The van der Waals surface area contributed by atoms with Crippen molar-refractivity contribution in [1.29, 1.82) is 0 Å². The van der Waals surface area contributed by atoms with Crippen molar-refractivity contribution in [1.82, 2.24) is 20.0 Å². The van der Waals surface area contributed by atoms with Crippen LogP contribution >= 0.6 is 0 Å². The van der Waals surface area contributed by atoms with Crippen LogP contribution in [0.4, 0.5) is 10.5 Å². The summed E-state index contributed by atoms with van der Waals surface area (Å²) in [6.45, 7) is 3.90. The van der Waals surface area contributed by atoms with Gasteiger partial charge in [0.25, 0.3) is 17.2 Å². The van der Waals surface area contributed by atoms with E-state index in [1.165, 1.54) is 35.0 Å². The van der Waals surface area contributed by atoms with E-state index in [4.69, 9.17) is 0 Å². The first kappa shape index (κ1) is 21.8. The summed E-state index contributed by atoms with van der Waals surface area (Å²) in [7, 11) is 0. The number of non-ortho nitro benzene ring substituents is 1. The summed E-state index contributed by atoms with van der Waals surface area (Å²) < 4.78 is 1.25. The Morgan fingerprint density at radius 1 is 1.03 bits per heavy atom. The van der Waals surface area contributed by atoms with Crippen LogP contribution in [0.15, 0.2) is 59.0 Å². The molecular weight excluding hydrogens is 426 g/mol. The van der Waals surface area contributed by atoms with E-state index in [-0.39, 0.29) is 23.5 Å². The Kier molecular flexibility index (Phi) is 5.65. The minimum Gasteiger partial charge on any atom is -0.303 e. The molecular formula is C23H21N5O5. The molecule has 2 heterocycles. The quantitative estimate of drug-likeness (QED) is 0.260. The first-order valence-corrected chi connectivity index (χ1v) is 10.3. The zero-order chi connectivity index (χ0) is 23.7. The molecule has 0 unspecified atom stereocenters. The van der Waals surface area contributed by atoms with Gasteiger partial charge in [0.15, 0.2) is 0 Å². The number of hydrogen-bond acceptors (Lipinski definition) is 5. The number of rotatable bonds is 6. The smallest absolute Gasteiger partial charge is 0.303 e. The standard InChI is InChI=1S/C23H21N5O5/c1-3-19-18(21(29)27(25-19)16-8-10-17(11-9-16)28(32)33)12-20-22(30)26(23(31)24-20)13-15-6-4-14(2)5-7-15/h4-12,25H,3,13H2,1-2H3,(H,24,31). The fourth-order valence-electron chi connectivity index (χ4n) is 3.55. The summed E-state index contributed by atoms with van der Waals surface area (Å²) in [6.07, 6.45) is 1.83. The average molecular weight is 447 g/mol. The Morgan fingerprint density at radius 2 is 1.70 bits per heavy atom. The van der Waals surface area contributed by atoms with Crippen molar-refractivity contribution in [2.45, 2.75) is 26.8 Å². The van der Waals surface area contributed by atoms with Crippen molar-refractivity contribution in [3.05, 3.63) is 97.1 Å². The van der Waals surface area contributed by atoms with Gasteiger partial charge in [-0.05, 0) is 37.1 Å². The second kappa shape index (κ2) is 8.58. The van der Waals surface area contributed by atoms with E-state index in [1.54, 1.807) is 0 Å². The SMILES string of the molecule is CCc1[nH]n(-c2ccc([N+](=O)[O-])cc2)c(=O)c1C=C1NC(=O)N(Cc2ccc(C)cc2)C1=O. The topological polar surface area (TPSA) is 130 Å². The number of aromatic amines is 1. The molecule has 3 amide bonds. The van der Waals surface area contributed by atoms with E-state index >= 15 is 0 Å². The summed E-state index contributed by atoms with van der Waals surface area (Å²) in [6, 6.07) is 12.5. The highest BCUT2D eigenvalue weighted by atomic mass is 16.6. The molecule has 0 atom stereocenters. The predicted molar refractivity (Wildman–Crippen MR) is 121 cm³/mol. The van der Waals surface area contributed by atoms with Gasteiger partial charge in [-0.2, -0.15) is 0 Å². The molecule has 0 bridgehead atoms. The average Bonchev–Trinajstić information content (AvgIpc) is 3.26. The number of amides is 3. The number of nitrogens with zero attached hydrogens (tertiary/aromatic N) is 3. The van der Waals surface area contributed by atoms with Gasteiger partial charge in [-0.3, -0.25) is 29.7 Å². The predicted octanol–water partition coefficient (Wildman–Crippen LogP) is 3.04. The minimum atomic E-state index is -0.559. The zero-order valence-electron chi connectivity index (χ0n) is 18.0. The van der Waals surface area contributed by atoms with Crippen LogP contribution in [0.2, 0.25) is 0 Å². The van der Waals surface area contributed by atoms with Crippen LogP contribution in [-0.4, -0.2) is 31.5 Å². The van der Waals surface area contributed by atoms with Gasteiger partial charge < -0.3 is 5.32 Å². The van der Waals surface area contributed by atoms with Gasteiger partial charge in [-0.15, -0.1) is 0 Å². The molecule has 3 aromatic rings. The first-order chi connectivity index (χ1) is 15.8. The largest absolute Gasteiger partial charge is 0.329 e. The van der Waals surface area contributed by atoms with Crippen LogP contribution in [-0.2, 0) is 17.8 Å². The molecule has 2 aromatic carbocycles. The number of urea groups is 1. The number of aromatic nitrogens is 2. The maximum absolute atomic E-state index is 13.1. The molecule has 10 heteroatoms. The summed E-state index contributed by atoms with van der Waals surface area (Å²) in [4.78, 5) is 49.8. The van der Waals surface area contributed by atoms with Gasteiger partial charge in [0.1, 0.15) is 5.70 Å². The van der Waals surface area contributed by atoms with Crippen molar-refractivity contribution in [3.8, 4) is 5.69 Å². The third-order valence-electron chi connectivity index (χ3n) is 5.39. The first-order valence-electron chi connectivity index (χ1n) is 10.3. The number of aryl methyl sites for hydroxylation is 2. The van der Waals surface area contributed by atoms with Crippen molar-refractivity contribution >= 4 is 23.7 Å². The fraction of sp³-hybridized carbons (Fsp3) is 0.174. The molecule has 33 heavy (non-hydrogen) atoms. The summed E-state index contributed by atoms with van der Waals surface area (Å²) in [5.41, 5.74) is 2.56. The fourth-order valence-corrected chi connectivity index (χ4v) is 3.55. The molecule has 1 aromatic heterocycles. The van der Waals surface area contributed by atoms with Crippen LogP contribution in [0.1, 0.15) is 29.3 Å². The van der Waals surface area contributed by atoms with E-state index in [0.717, 1.165) is 16.0 Å². The highest BCUT2D eigenvalue weighted by Crippen LogP contribution is 2.19. The summed E-state index contributed by atoms with van der Waals surface area (Å²) >= 11 is 0. The number of imide groups is 1. The van der Waals surface area contributed by atoms with E-state index in [2.05, 4.69) is 10.4 Å². The monoisotopic (exact) mass is 447 g/mol. The molecule has 4 rings (SSSR count). The van der Waals surface area contributed by atoms with Crippen molar-refractivity contribution in [3.63, 3.8) is 0 Å². The Morgan fingerprint density at radius 3 is 2.30 bits per heavy atom. The van der Waals surface area contributed by atoms with E-state index in [9.17, 15) is 24.5 Å². The Labute approximate surface area is 188 Å². The maximum atomic E-state index is 13.1. The Balaban J connectivity index is 1.65. The zero-order valence-corrected chi connectivity index (χ0v) is 18.0. The Hall–Kier alpha value is -4.47. The third kappa shape index (κ3) is 4.18. The van der Waals surface area contributed by atoms with Gasteiger partial charge in [0.05, 0.1) is 22.7 Å². The number of nitrogens with one attached hydrogen (secondary N) is 2. The number of carbonyl (C=O) groups is 2. The molecule has 1 aliphatic heterocycles. The maximum Gasteiger partial charge on any atom is 0.329 e. The number of hydrogen-bond donors (Lipinski definition) is 2. The number of nitro benzene ring substituents is 1. The van der Waals surface area contributed by atoms with Gasteiger partial charge in [0.2, 0.25) is 0 Å². The molecule has 168 valence electrons. The molecule has 0 saturated carbocycles. The van der Waals surface area contributed by atoms with Gasteiger partial charge >= 0.3 is 6.03 Å². The highest BCUT2D eigenvalue weighted by molar-refractivity contribution is 6.13. The van der Waals surface area contributed by atoms with Crippen molar-refractivity contribution in [2.24, 2.45) is 0 Å². The van der Waals surface area contributed by atoms with Crippen LogP contribution in [0.5, 0.6) is 0 Å². The van der Waals surface area contributed by atoms with Crippen LogP contribution in [0.25, 0.3) is 11.8 Å². The second-order valence-electron chi connectivity index (χ2n) is 7.64. The lowest BCUT2D eigenvalue weighted by atomic mass is 10.1. The normalized spacial score (nSPS) is 14.7. The van der Waals surface area contributed by atoms with Crippen LogP contribution < -0.4 is 10.9 Å². The highest BCUT2D eigenvalue weighted by Gasteiger charge is 2.34. The van der Waals surface area contributed by atoms with Gasteiger partial charge in [-0.1, -0.05) is 36.8 Å². The molecule has 10 nitrogen and oxygen atoms in total. The lowest BCUT2D eigenvalue weighted by Crippen LogP contribution is -2.30. The molecule has 1 aliphatic rings. The molecule has 0 spiro atoms. The molecule has 0 radical (unpaired) electrons. The number of carbonyl (C=O) groups excluding carboxylic acids is 2. The van der Waals surface area contributed by atoms with E-state index < -0.39 is 22.4 Å². The van der Waals surface area contributed by atoms with E-state index in [1.807, 2.05) is 38.1 Å². The number of nitro groups is 1. The van der Waals surface area contributed by atoms with Crippen LogP contribution in [0, 0.1) is 17.0 Å². The van der Waals surface area contributed by atoms with Crippen molar-refractivity contribution < 1.29 is 14.5 Å². The summed E-state index contributed by atoms with van der Waals surface area (Å²) in [5.74, 6) is -0.523. The lowest BCUT2D eigenvalue weighted by molar-refractivity contribution is -0.384. The van der Waals surface area contributed by atoms with Gasteiger partial charge in [0, 0.05) is 17.8 Å². The van der Waals surface area contributed by atoms with Crippen LogP contribution in [0.3, 0.4) is 0 Å². The number of benzene rings is 2. The van der Waals surface area contributed by atoms with Gasteiger partial charge in [-0.25, -0.2) is 9.48 Å². The lowest BCUT2D eigenvalue weighted by Gasteiger charge is -2.11.